The summed E-state index contributed by atoms with van der Waals surface area (Å²) in [6.07, 6.45) is -4.83. The molecule has 1 aliphatic heterocycles. The fraction of sp³-hybridized carbons (Fsp3) is 0.200. The largest absolute Gasteiger partial charge is 0.475 e. The molecular weight excluding hydrogens is 340 g/mol. The quantitative estimate of drug-likeness (QED) is 0.367. The maximum Gasteiger partial charge on any atom is 0.475 e. The van der Waals surface area contributed by atoms with Crippen LogP contribution in [0.25, 0.3) is 0 Å². The summed E-state index contributed by atoms with van der Waals surface area (Å²) in [7, 11) is 0. The van der Waals surface area contributed by atoms with E-state index in [1.807, 2.05) is 0 Å². The van der Waals surface area contributed by atoms with E-state index in [-0.39, 0.29) is 11.1 Å². The molecule has 9 heteroatoms. The van der Waals surface area contributed by atoms with Crippen LogP contribution in [0.15, 0.2) is 18.2 Å². The SMILES string of the molecule is O=C1OC(=O)c2cc(OC(F)(F)C(F)(F)Br)ccc21. The average Bonchev–Trinajstić information content (AvgIpc) is 2.52. The Morgan fingerprint density at radius 3 is 2.21 bits per heavy atom. The predicted molar refractivity (Wildman–Crippen MR) is 55.6 cm³/mol. The molecule has 1 aromatic rings. The second kappa shape index (κ2) is 4.19. The van der Waals surface area contributed by atoms with Crippen molar-refractivity contribution in [3.63, 3.8) is 0 Å². The molecule has 0 aromatic heterocycles. The zero-order chi connectivity index (χ0) is 14.4. The number of hydrogen-bond acceptors (Lipinski definition) is 4. The van der Waals surface area contributed by atoms with E-state index >= 15 is 0 Å². The predicted octanol–water partition coefficient (Wildman–Crippen LogP) is 2.96. The van der Waals surface area contributed by atoms with Gasteiger partial charge in [-0.25, -0.2) is 9.59 Å². The van der Waals surface area contributed by atoms with Gasteiger partial charge in [0.05, 0.1) is 11.1 Å². The second-order valence-corrected chi connectivity index (χ2v) is 4.50. The molecule has 102 valence electrons. The Morgan fingerprint density at radius 1 is 1.05 bits per heavy atom. The summed E-state index contributed by atoms with van der Waals surface area (Å²) in [5.74, 6) is -2.70. The minimum Gasteiger partial charge on any atom is -0.427 e. The molecular formula is C10H3BrF4O4. The Kier molecular flexibility index (Phi) is 3.04. The summed E-state index contributed by atoms with van der Waals surface area (Å²) < 4.78 is 58.9. The standard InChI is InChI=1S/C10H3BrF4O4/c11-9(12,13)10(14,15)19-4-1-2-5-6(3-4)8(17)18-7(5)16/h1-3H. The van der Waals surface area contributed by atoms with Crippen molar-refractivity contribution < 1.29 is 36.6 Å². The third-order valence-electron chi connectivity index (χ3n) is 2.19. The van der Waals surface area contributed by atoms with E-state index in [1.54, 1.807) is 0 Å². The number of hydrogen-bond donors (Lipinski definition) is 0. The third-order valence-corrected chi connectivity index (χ3v) is 2.65. The number of alkyl halides is 5. The highest BCUT2D eigenvalue weighted by atomic mass is 79.9. The van der Waals surface area contributed by atoms with E-state index in [1.165, 1.54) is 15.9 Å². The molecule has 0 amide bonds. The van der Waals surface area contributed by atoms with Gasteiger partial charge in [-0.15, -0.1) is 0 Å². The number of carbonyl (C=O) groups is 2. The highest BCUT2D eigenvalue weighted by Crippen LogP contribution is 2.41. The maximum absolute atomic E-state index is 12.9. The number of rotatable bonds is 3. The molecule has 0 spiro atoms. The van der Waals surface area contributed by atoms with Gasteiger partial charge in [0, 0.05) is 15.9 Å². The van der Waals surface area contributed by atoms with Crippen molar-refractivity contribution in [3.8, 4) is 5.75 Å². The van der Waals surface area contributed by atoms with Gasteiger partial charge >= 0.3 is 22.9 Å². The molecule has 0 saturated heterocycles. The minimum atomic E-state index is -4.83. The lowest BCUT2D eigenvalue weighted by molar-refractivity contribution is -0.266. The number of esters is 2. The van der Waals surface area contributed by atoms with Crippen molar-refractivity contribution in [2.24, 2.45) is 0 Å². The van der Waals surface area contributed by atoms with Crippen LogP contribution in [-0.2, 0) is 4.74 Å². The fourth-order valence-electron chi connectivity index (χ4n) is 1.33. The number of benzene rings is 1. The van der Waals surface area contributed by atoms with Gasteiger partial charge in [0.1, 0.15) is 5.75 Å². The summed E-state index contributed by atoms with van der Waals surface area (Å²) >= 11 is 1.49. The number of halogens is 5. The molecule has 0 unspecified atom stereocenters. The van der Waals surface area contributed by atoms with Crippen molar-refractivity contribution in [3.05, 3.63) is 29.3 Å². The summed E-state index contributed by atoms with van der Waals surface area (Å²) in [6.45, 7) is 0. The highest BCUT2D eigenvalue weighted by Gasteiger charge is 2.57. The topological polar surface area (TPSA) is 52.6 Å². The van der Waals surface area contributed by atoms with Gasteiger partial charge in [-0.2, -0.15) is 17.6 Å². The summed E-state index contributed by atoms with van der Waals surface area (Å²) in [5, 5.41) is 0. The van der Waals surface area contributed by atoms with E-state index < -0.39 is 28.6 Å². The molecule has 1 heterocycles. The Morgan fingerprint density at radius 2 is 1.63 bits per heavy atom. The first kappa shape index (κ1) is 13.8. The second-order valence-electron chi connectivity index (χ2n) is 3.50. The van der Waals surface area contributed by atoms with E-state index in [9.17, 15) is 27.2 Å². The van der Waals surface area contributed by atoms with Crippen LogP contribution in [0.4, 0.5) is 17.6 Å². The van der Waals surface area contributed by atoms with Gasteiger partial charge < -0.3 is 9.47 Å². The molecule has 0 bridgehead atoms. The molecule has 1 aliphatic rings. The number of fused-ring (bicyclic) bond motifs is 1. The first-order valence-electron chi connectivity index (χ1n) is 4.66. The van der Waals surface area contributed by atoms with Crippen molar-refractivity contribution in [1.82, 2.24) is 0 Å². The van der Waals surface area contributed by atoms with Crippen LogP contribution >= 0.6 is 15.9 Å². The first-order valence-corrected chi connectivity index (χ1v) is 5.45. The summed E-state index contributed by atoms with van der Waals surface area (Å²) in [5.41, 5.74) is -0.470. The monoisotopic (exact) mass is 342 g/mol. The molecule has 0 radical (unpaired) electrons. The average molecular weight is 343 g/mol. The number of carbonyl (C=O) groups excluding carboxylic acids is 2. The molecule has 0 N–H and O–H groups in total. The maximum atomic E-state index is 12.9. The van der Waals surface area contributed by atoms with Crippen molar-refractivity contribution >= 4 is 27.9 Å². The molecule has 0 aliphatic carbocycles. The van der Waals surface area contributed by atoms with Crippen LogP contribution in [0.2, 0.25) is 0 Å². The molecule has 1 aromatic carbocycles. The molecule has 2 rings (SSSR count). The first-order chi connectivity index (χ1) is 8.62. The Balaban J connectivity index is 2.32. The van der Waals surface area contributed by atoms with E-state index in [0.717, 1.165) is 18.2 Å². The van der Waals surface area contributed by atoms with Gasteiger partial charge in [0.25, 0.3) is 0 Å². The lowest BCUT2D eigenvalue weighted by atomic mass is 10.1. The normalized spacial score (nSPS) is 15.2. The minimum absolute atomic E-state index is 0.147. The Bertz CT molecular complexity index is 567. The van der Waals surface area contributed by atoms with Crippen LogP contribution in [0.1, 0.15) is 20.7 Å². The van der Waals surface area contributed by atoms with Crippen molar-refractivity contribution in [2.75, 3.05) is 0 Å². The third kappa shape index (κ3) is 2.42. The summed E-state index contributed by atoms with van der Waals surface area (Å²) in [6, 6.07) is 2.56. The lowest BCUT2D eigenvalue weighted by Gasteiger charge is -2.21. The van der Waals surface area contributed by atoms with Crippen molar-refractivity contribution in [2.45, 2.75) is 10.9 Å². The highest BCUT2D eigenvalue weighted by molar-refractivity contribution is 9.10. The van der Waals surface area contributed by atoms with Crippen LogP contribution in [-0.4, -0.2) is 22.9 Å². The number of ether oxygens (including phenoxy) is 2. The van der Waals surface area contributed by atoms with Gasteiger partial charge in [-0.3, -0.25) is 0 Å². The Hall–Kier alpha value is -1.64. The Labute approximate surface area is 111 Å². The van der Waals surface area contributed by atoms with E-state index in [0.29, 0.717) is 0 Å². The van der Waals surface area contributed by atoms with Crippen molar-refractivity contribution in [1.29, 1.82) is 0 Å². The van der Waals surface area contributed by atoms with Crippen LogP contribution in [0, 0.1) is 0 Å². The molecule has 4 nitrogen and oxygen atoms in total. The van der Waals surface area contributed by atoms with E-state index in [2.05, 4.69) is 9.47 Å². The molecule has 0 fully saturated rings. The molecule has 19 heavy (non-hydrogen) atoms. The van der Waals surface area contributed by atoms with E-state index in [4.69, 9.17) is 0 Å². The fourth-order valence-corrected chi connectivity index (χ4v) is 1.41. The van der Waals surface area contributed by atoms with Gasteiger partial charge in [-0.1, -0.05) is 0 Å². The van der Waals surface area contributed by atoms with Gasteiger partial charge in [0.15, 0.2) is 0 Å². The zero-order valence-corrected chi connectivity index (χ0v) is 10.3. The lowest BCUT2D eigenvalue weighted by Crippen LogP contribution is -2.40. The number of cyclic esters (lactones) is 2. The van der Waals surface area contributed by atoms with Gasteiger partial charge in [0.2, 0.25) is 0 Å². The molecule has 0 saturated carbocycles. The summed E-state index contributed by atoms with van der Waals surface area (Å²) in [4.78, 5) is 17.6. The van der Waals surface area contributed by atoms with Crippen LogP contribution < -0.4 is 4.74 Å². The smallest absolute Gasteiger partial charge is 0.427 e. The molecule has 0 atom stereocenters. The van der Waals surface area contributed by atoms with Crippen LogP contribution in [0.3, 0.4) is 0 Å². The van der Waals surface area contributed by atoms with Gasteiger partial charge in [-0.05, 0) is 18.2 Å². The zero-order valence-electron chi connectivity index (χ0n) is 8.75. The van der Waals surface area contributed by atoms with Crippen LogP contribution in [0.5, 0.6) is 5.75 Å².